The van der Waals surface area contributed by atoms with Gasteiger partial charge in [-0.05, 0) is 27.2 Å². The highest BCUT2D eigenvalue weighted by Crippen LogP contribution is 2.15. The lowest BCUT2D eigenvalue weighted by Crippen LogP contribution is -2.47. The van der Waals surface area contributed by atoms with E-state index in [0.717, 1.165) is 12.8 Å². The first-order valence-electron chi connectivity index (χ1n) is 8.46. The molecular formula is C17H35NO2. The van der Waals surface area contributed by atoms with Crippen LogP contribution in [0.25, 0.3) is 0 Å². The molecule has 0 aromatic heterocycles. The Morgan fingerprint density at radius 2 is 1.35 bits per heavy atom. The van der Waals surface area contributed by atoms with Crippen LogP contribution < -0.4 is 0 Å². The third kappa shape index (κ3) is 9.35. The number of amides is 1. The van der Waals surface area contributed by atoms with Gasteiger partial charge in [-0.25, -0.2) is 0 Å². The molecular weight excluding hydrogens is 250 g/mol. The van der Waals surface area contributed by atoms with Gasteiger partial charge in [0.2, 0.25) is 5.91 Å². The summed E-state index contributed by atoms with van der Waals surface area (Å²) in [6.45, 7) is 8.06. The van der Waals surface area contributed by atoms with Crippen LogP contribution in [0.15, 0.2) is 0 Å². The van der Waals surface area contributed by atoms with E-state index in [1.165, 1.54) is 44.9 Å². The molecule has 3 heteroatoms. The van der Waals surface area contributed by atoms with Gasteiger partial charge in [-0.1, -0.05) is 58.3 Å². The Balaban J connectivity index is 3.57. The summed E-state index contributed by atoms with van der Waals surface area (Å²) < 4.78 is 0. The number of unbranched alkanes of at least 4 members (excludes halogenated alkanes) is 8. The molecule has 0 fully saturated rings. The van der Waals surface area contributed by atoms with Gasteiger partial charge in [0.1, 0.15) is 5.72 Å². The first-order chi connectivity index (χ1) is 9.43. The summed E-state index contributed by atoms with van der Waals surface area (Å²) in [6.07, 6.45) is 11.9. The Bertz CT molecular complexity index is 246. The predicted molar refractivity (Wildman–Crippen MR) is 85.5 cm³/mol. The van der Waals surface area contributed by atoms with Gasteiger partial charge in [-0.3, -0.25) is 4.79 Å². The highest BCUT2D eigenvalue weighted by atomic mass is 16.3. The fourth-order valence-corrected chi connectivity index (χ4v) is 2.59. The smallest absolute Gasteiger partial charge is 0.224 e. The Morgan fingerprint density at radius 3 is 1.75 bits per heavy atom. The van der Waals surface area contributed by atoms with Crippen LogP contribution in [0.2, 0.25) is 0 Å². The lowest BCUT2D eigenvalue weighted by Gasteiger charge is -2.33. The molecule has 20 heavy (non-hydrogen) atoms. The maximum atomic E-state index is 12.0. The minimum absolute atomic E-state index is 0.0722. The average molecular weight is 285 g/mol. The fraction of sp³-hybridized carbons (Fsp3) is 0.941. The van der Waals surface area contributed by atoms with E-state index < -0.39 is 5.72 Å². The molecule has 0 aliphatic heterocycles. The van der Waals surface area contributed by atoms with Crippen LogP contribution in [0, 0.1) is 0 Å². The molecule has 0 aliphatic rings. The molecule has 0 rings (SSSR count). The molecule has 0 atom stereocenters. The second kappa shape index (κ2) is 11.1. The van der Waals surface area contributed by atoms with Crippen molar-refractivity contribution >= 4 is 5.91 Å². The third-order valence-corrected chi connectivity index (χ3v) is 3.77. The molecule has 0 spiro atoms. The summed E-state index contributed by atoms with van der Waals surface area (Å²) >= 11 is 0. The van der Waals surface area contributed by atoms with Crippen molar-refractivity contribution in [1.29, 1.82) is 0 Å². The minimum Gasteiger partial charge on any atom is -0.371 e. The molecule has 0 aromatic carbocycles. The molecule has 0 unspecified atom stereocenters. The fourth-order valence-electron chi connectivity index (χ4n) is 2.59. The lowest BCUT2D eigenvalue weighted by atomic mass is 10.1. The van der Waals surface area contributed by atoms with Crippen molar-refractivity contribution in [3.05, 3.63) is 0 Å². The van der Waals surface area contributed by atoms with Crippen molar-refractivity contribution < 1.29 is 9.90 Å². The van der Waals surface area contributed by atoms with Gasteiger partial charge in [0, 0.05) is 13.0 Å². The standard InChI is InChI=1S/C17H35NO2/c1-5-7-8-9-10-11-12-13-14-15-16(19)18(6-2)17(3,4)20/h20H,5-15H2,1-4H3. The van der Waals surface area contributed by atoms with Gasteiger partial charge in [-0.15, -0.1) is 0 Å². The monoisotopic (exact) mass is 285 g/mol. The Hall–Kier alpha value is -0.570. The molecule has 1 N–H and O–H groups in total. The quantitative estimate of drug-likeness (QED) is 0.424. The van der Waals surface area contributed by atoms with Crippen LogP contribution in [-0.4, -0.2) is 28.2 Å². The molecule has 0 radical (unpaired) electrons. The Kier molecular flexibility index (Phi) is 10.8. The van der Waals surface area contributed by atoms with Crippen LogP contribution in [-0.2, 0) is 4.79 Å². The van der Waals surface area contributed by atoms with E-state index >= 15 is 0 Å². The molecule has 0 aliphatic carbocycles. The molecule has 120 valence electrons. The van der Waals surface area contributed by atoms with Crippen molar-refractivity contribution in [3.63, 3.8) is 0 Å². The Morgan fingerprint density at radius 1 is 0.900 bits per heavy atom. The zero-order valence-corrected chi connectivity index (χ0v) is 14.1. The minimum atomic E-state index is -1.04. The molecule has 3 nitrogen and oxygen atoms in total. The summed E-state index contributed by atoms with van der Waals surface area (Å²) in [7, 11) is 0. The highest BCUT2D eigenvalue weighted by molar-refractivity contribution is 5.76. The lowest BCUT2D eigenvalue weighted by molar-refractivity contribution is -0.152. The summed E-state index contributed by atoms with van der Waals surface area (Å²) in [4.78, 5) is 13.5. The van der Waals surface area contributed by atoms with Gasteiger partial charge in [0.25, 0.3) is 0 Å². The van der Waals surface area contributed by atoms with Crippen LogP contribution in [0.3, 0.4) is 0 Å². The molecule has 0 bridgehead atoms. The topological polar surface area (TPSA) is 40.5 Å². The van der Waals surface area contributed by atoms with Gasteiger partial charge in [0.15, 0.2) is 0 Å². The normalized spacial score (nSPS) is 11.7. The third-order valence-electron chi connectivity index (χ3n) is 3.77. The van der Waals surface area contributed by atoms with Crippen LogP contribution in [0.1, 0.15) is 91.9 Å². The molecule has 0 saturated carbocycles. The molecule has 0 aromatic rings. The first kappa shape index (κ1) is 19.4. The molecule has 1 amide bonds. The maximum absolute atomic E-state index is 12.0. The van der Waals surface area contributed by atoms with Crippen LogP contribution >= 0.6 is 0 Å². The van der Waals surface area contributed by atoms with Gasteiger partial charge in [-0.2, -0.15) is 0 Å². The van der Waals surface area contributed by atoms with Crippen molar-refractivity contribution in [2.75, 3.05) is 6.54 Å². The number of carbonyl (C=O) groups is 1. The van der Waals surface area contributed by atoms with Crippen molar-refractivity contribution in [3.8, 4) is 0 Å². The number of hydrogen-bond acceptors (Lipinski definition) is 2. The second-order valence-electron chi connectivity index (χ2n) is 6.21. The largest absolute Gasteiger partial charge is 0.371 e. The van der Waals surface area contributed by atoms with Gasteiger partial charge >= 0.3 is 0 Å². The highest BCUT2D eigenvalue weighted by Gasteiger charge is 2.25. The van der Waals surface area contributed by atoms with E-state index in [1.807, 2.05) is 6.92 Å². The van der Waals surface area contributed by atoms with Gasteiger partial charge in [0.05, 0.1) is 0 Å². The molecule has 0 saturated heterocycles. The predicted octanol–water partition coefficient (Wildman–Crippen LogP) is 4.48. The molecule has 0 heterocycles. The number of carbonyl (C=O) groups excluding carboxylic acids is 1. The van der Waals surface area contributed by atoms with E-state index in [9.17, 15) is 9.90 Å². The van der Waals surface area contributed by atoms with Gasteiger partial charge < -0.3 is 10.0 Å². The second-order valence-corrected chi connectivity index (χ2v) is 6.21. The zero-order valence-electron chi connectivity index (χ0n) is 14.1. The van der Waals surface area contributed by atoms with E-state index in [0.29, 0.717) is 13.0 Å². The number of rotatable bonds is 12. The summed E-state index contributed by atoms with van der Waals surface area (Å²) in [6, 6.07) is 0. The summed E-state index contributed by atoms with van der Waals surface area (Å²) in [5.74, 6) is 0.0722. The van der Waals surface area contributed by atoms with E-state index in [1.54, 1.807) is 18.7 Å². The number of hydrogen-bond donors (Lipinski definition) is 1. The first-order valence-corrected chi connectivity index (χ1v) is 8.46. The van der Waals surface area contributed by atoms with E-state index in [-0.39, 0.29) is 5.91 Å². The number of nitrogens with zero attached hydrogens (tertiary/aromatic N) is 1. The Labute approximate surface area is 125 Å². The SMILES string of the molecule is CCCCCCCCCCCC(=O)N(CC)C(C)(C)O. The van der Waals surface area contributed by atoms with Crippen molar-refractivity contribution in [2.24, 2.45) is 0 Å². The average Bonchev–Trinajstić information content (AvgIpc) is 2.36. The van der Waals surface area contributed by atoms with Crippen molar-refractivity contribution in [1.82, 2.24) is 4.90 Å². The van der Waals surface area contributed by atoms with Crippen LogP contribution in [0.5, 0.6) is 0 Å². The zero-order chi connectivity index (χ0) is 15.4. The van der Waals surface area contributed by atoms with E-state index in [2.05, 4.69) is 6.92 Å². The maximum Gasteiger partial charge on any atom is 0.224 e. The number of aliphatic hydroxyl groups is 1. The summed E-state index contributed by atoms with van der Waals surface area (Å²) in [5.41, 5.74) is -1.04. The summed E-state index contributed by atoms with van der Waals surface area (Å²) in [5, 5.41) is 9.90. The van der Waals surface area contributed by atoms with E-state index in [4.69, 9.17) is 0 Å². The van der Waals surface area contributed by atoms with Crippen molar-refractivity contribution in [2.45, 2.75) is 97.6 Å². The van der Waals surface area contributed by atoms with Crippen LogP contribution in [0.4, 0.5) is 0 Å².